The van der Waals surface area contributed by atoms with Crippen LogP contribution in [0.25, 0.3) is 0 Å². The topological polar surface area (TPSA) is 78.5 Å². The first-order valence-electron chi connectivity index (χ1n) is 8.98. The maximum absolute atomic E-state index is 12.4. The molecule has 3 rings (SSSR count). The van der Waals surface area contributed by atoms with Crippen molar-refractivity contribution in [2.45, 2.75) is 58.5 Å². The van der Waals surface area contributed by atoms with Crippen molar-refractivity contribution in [1.29, 1.82) is 0 Å². The Morgan fingerprint density at radius 2 is 1.80 bits per heavy atom. The molecule has 2 atom stereocenters. The zero-order valence-electron chi connectivity index (χ0n) is 15.0. The van der Waals surface area contributed by atoms with Crippen molar-refractivity contribution in [3.8, 4) is 0 Å². The van der Waals surface area contributed by atoms with Crippen molar-refractivity contribution in [1.82, 2.24) is 10.2 Å². The molecule has 1 aliphatic carbocycles. The van der Waals surface area contributed by atoms with Crippen molar-refractivity contribution in [2.24, 2.45) is 5.92 Å². The van der Waals surface area contributed by atoms with Gasteiger partial charge in [0.25, 0.3) is 11.8 Å². The third-order valence-electron chi connectivity index (χ3n) is 5.12. The van der Waals surface area contributed by atoms with Gasteiger partial charge in [-0.2, -0.15) is 0 Å². The van der Waals surface area contributed by atoms with E-state index < -0.39 is 0 Å². The summed E-state index contributed by atoms with van der Waals surface area (Å²) in [7, 11) is 0. The number of benzene rings is 1. The van der Waals surface area contributed by atoms with Gasteiger partial charge in [-0.25, -0.2) is 4.79 Å². The average Bonchev–Trinajstić information content (AvgIpc) is 2.80. The highest BCUT2D eigenvalue weighted by Gasteiger charge is 2.37. The molecule has 6 heteroatoms. The molecular formula is C19H25N3O3. The summed E-state index contributed by atoms with van der Waals surface area (Å²) in [6, 6.07) is 4.58. The van der Waals surface area contributed by atoms with E-state index in [-0.39, 0.29) is 29.9 Å². The molecule has 2 N–H and O–H groups in total. The molecule has 1 fully saturated rings. The Morgan fingerprint density at radius 1 is 1.12 bits per heavy atom. The predicted octanol–water partition coefficient (Wildman–Crippen LogP) is 3.39. The molecule has 1 saturated carbocycles. The van der Waals surface area contributed by atoms with E-state index in [1.165, 1.54) is 11.3 Å². The molecular weight excluding hydrogens is 318 g/mol. The van der Waals surface area contributed by atoms with Gasteiger partial charge in [0.15, 0.2) is 0 Å². The van der Waals surface area contributed by atoms with E-state index in [1.54, 1.807) is 32.0 Å². The number of anilines is 1. The molecule has 25 heavy (non-hydrogen) atoms. The summed E-state index contributed by atoms with van der Waals surface area (Å²) in [4.78, 5) is 38.2. The van der Waals surface area contributed by atoms with Crippen molar-refractivity contribution in [3.63, 3.8) is 0 Å². The van der Waals surface area contributed by atoms with Crippen molar-refractivity contribution < 1.29 is 14.4 Å². The summed E-state index contributed by atoms with van der Waals surface area (Å²) in [6.45, 7) is 5.77. The quantitative estimate of drug-likeness (QED) is 0.826. The predicted molar refractivity (Wildman–Crippen MR) is 95.7 cm³/mol. The van der Waals surface area contributed by atoms with E-state index in [2.05, 4.69) is 17.6 Å². The highest BCUT2D eigenvalue weighted by molar-refractivity contribution is 6.22. The van der Waals surface area contributed by atoms with E-state index in [0.717, 1.165) is 19.3 Å². The van der Waals surface area contributed by atoms with Gasteiger partial charge in [-0.05, 0) is 50.8 Å². The number of hydrogen-bond acceptors (Lipinski definition) is 3. The number of imide groups is 1. The number of rotatable bonds is 3. The number of urea groups is 1. The van der Waals surface area contributed by atoms with Crippen LogP contribution >= 0.6 is 0 Å². The van der Waals surface area contributed by atoms with Gasteiger partial charge < -0.3 is 10.6 Å². The monoisotopic (exact) mass is 343 g/mol. The van der Waals surface area contributed by atoms with Crippen LogP contribution in [0, 0.1) is 5.92 Å². The molecule has 0 spiro atoms. The molecule has 0 saturated heterocycles. The maximum atomic E-state index is 12.4. The Balaban J connectivity index is 1.70. The zero-order chi connectivity index (χ0) is 18.1. The fourth-order valence-corrected chi connectivity index (χ4v) is 3.67. The van der Waals surface area contributed by atoms with Crippen LogP contribution in [0.1, 0.15) is 67.2 Å². The summed E-state index contributed by atoms with van der Waals surface area (Å²) < 4.78 is 0. The lowest BCUT2D eigenvalue weighted by molar-refractivity contribution is 0.0609. The highest BCUT2D eigenvalue weighted by Crippen LogP contribution is 2.28. The SMILES string of the molecule is CC1CCCCC1NC(=O)Nc1ccc2c(c1)C(=O)N(C(C)C)C2=O. The van der Waals surface area contributed by atoms with E-state index in [0.29, 0.717) is 22.7 Å². The molecule has 2 aliphatic rings. The Kier molecular flexibility index (Phi) is 4.79. The largest absolute Gasteiger partial charge is 0.335 e. The lowest BCUT2D eigenvalue weighted by Crippen LogP contribution is -2.43. The summed E-state index contributed by atoms with van der Waals surface area (Å²) in [5.41, 5.74) is 1.26. The molecule has 1 aromatic rings. The van der Waals surface area contributed by atoms with Gasteiger partial charge in [-0.3, -0.25) is 14.5 Å². The van der Waals surface area contributed by atoms with Crippen LogP contribution in [-0.4, -0.2) is 34.8 Å². The lowest BCUT2D eigenvalue weighted by atomic mass is 9.86. The van der Waals surface area contributed by atoms with Crippen LogP contribution in [-0.2, 0) is 0 Å². The van der Waals surface area contributed by atoms with Gasteiger partial charge in [0.1, 0.15) is 0 Å². The third kappa shape index (κ3) is 3.38. The molecule has 1 aliphatic heterocycles. The number of hydrogen-bond donors (Lipinski definition) is 2. The molecule has 134 valence electrons. The second-order valence-corrected chi connectivity index (χ2v) is 7.30. The van der Waals surface area contributed by atoms with Crippen molar-refractivity contribution in [3.05, 3.63) is 29.3 Å². The fourth-order valence-electron chi connectivity index (χ4n) is 3.67. The minimum Gasteiger partial charge on any atom is -0.335 e. The molecule has 0 aromatic heterocycles. The highest BCUT2D eigenvalue weighted by atomic mass is 16.2. The Hall–Kier alpha value is -2.37. The number of fused-ring (bicyclic) bond motifs is 1. The first-order valence-corrected chi connectivity index (χ1v) is 8.98. The van der Waals surface area contributed by atoms with Crippen molar-refractivity contribution in [2.75, 3.05) is 5.32 Å². The van der Waals surface area contributed by atoms with Crippen LogP contribution in [0.15, 0.2) is 18.2 Å². The van der Waals surface area contributed by atoms with Crippen LogP contribution in [0.4, 0.5) is 10.5 Å². The standard InChI is InChI=1S/C19H25N3O3/c1-11(2)22-17(23)14-9-8-13(10-15(14)18(22)24)20-19(25)21-16-7-5-4-6-12(16)3/h8-12,16H,4-7H2,1-3H3,(H2,20,21,25). The second-order valence-electron chi connectivity index (χ2n) is 7.30. The van der Waals surface area contributed by atoms with Crippen LogP contribution in [0.5, 0.6) is 0 Å². The zero-order valence-corrected chi connectivity index (χ0v) is 15.0. The molecule has 4 amide bonds. The molecule has 1 aromatic carbocycles. The van der Waals surface area contributed by atoms with E-state index in [4.69, 9.17) is 0 Å². The Labute approximate surface area is 148 Å². The number of amides is 4. The van der Waals surface area contributed by atoms with E-state index in [1.807, 2.05) is 0 Å². The van der Waals surface area contributed by atoms with Crippen LogP contribution in [0.2, 0.25) is 0 Å². The van der Waals surface area contributed by atoms with Crippen LogP contribution in [0.3, 0.4) is 0 Å². The summed E-state index contributed by atoms with van der Waals surface area (Å²) in [5.74, 6) is -0.111. The van der Waals surface area contributed by atoms with Crippen molar-refractivity contribution >= 4 is 23.5 Å². The number of nitrogens with zero attached hydrogens (tertiary/aromatic N) is 1. The van der Waals surface area contributed by atoms with Gasteiger partial charge in [-0.1, -0.05) is 19.8 Å². The Bertz CT molecular complexity index is 714. The lowest BCUT2D eigenvalue weighted by Gasteiger charge is -2.29. The Morgan fingerprint density at radius 3 is 2.48 bits per heavy atom. The minimum absolute atomic E-state index is 0.183. The van der Waals surface area contributed by atoms with Gasteiger partial charge >= 0.3 is 6.03 Å². The van der Waals surface area contributed by atoms with Gasteiger partial charge in [0.05, 0.1) is 11.1 Å². The molecule has 6 nitrogen and oxygen atoms in total. The maximum Gasteiger partial charge on any atom is 0.319 e. The molecule has 1 heterocycles. The molecule has 0 bridgehead atoms. The van der Waals surface area contributed by atoms with E-state index >= 15 is 0 Å². The van der Waals surface area contributed by atoms with E-state index in [9.17, 15) is 14.4 Å². The molecule has 2 unspecified atom stereocenters. The molecule has 0 radical (unpaired) electrons. The smallest absolute Gasteiger partial charge is 0.319 e. The summed E-state index contributed by atoms with van der Waals surface area (Å²) in [6.07, 6.45) is 4.48. The van der Waals surface area contributed by atoms with Crippen LogP contribution < -0.4 is 10.6 Å². The van der Waals surface area contributed by atoms with Gasteiger partial charge in [-0.15, -0.1) is 0 Å². The normalized spacial score (nSPS) is 23.0. The number of carbonyl (C=O) groups excluding carboxylic acids is 3. The minimum atomic E-state index is -0.306. The van der Waals surface area contributed by atoms with Gasteiger partial charge in [0, 0.05) is 17.8 Å². The first-order chi connectivity index (χ1) is 11.9. The number of nitrogens with one attached hydrogen (secondary N) is 2. The fraction of sp³-hybridized carbons (Fsp3) is 0.526. The first kappa shape index (κ1) is 17.5. The summed E-state index contributed by atoms with van der Waals surface area (Å²) >= 11 is 0. The van der Waals surface area contributed by atoms with Gasteiger partial charge in [0.2, 0.25) is 0 Å². The average molecular weight is 343 g/mol. The second kappa shape index (κ2) is 6.86. The third-order valence-corrected chi connectivity index (χ3v) is 5.12. The number of carbonyl (C=O) groups is 3. The summed E-state index contributed by atoms with van der Waals surface area (Å²) in [5, 5.41) is 5.81.